The van der Waals surface area contributed by atoms with Crippen LogP contribution in [-0.4, -0.2) is 50.4 Å². The Kier molecular flexibility index (Phi) is 6.35. The quantitative estimate of drug-likeness (QED) is 0.122. The minimum atomic E-state index is -2.22. The Morgan fingerprint density at radius 1 is 1.08 bits per heavy atom. The summed E-state index contributed by atoms with van der Waals surface area (Å²) in [7, 11) is 0.891. The molecule has 0 saturated carbocycles. The zero-order chi connectivity index (χ0) is 26.1. The standard InChI is InChI=1S/C22H15N5O8S/c1-9-3-5-12-14(7-9)36-22(25-12)26-20(31)17(28)15(18(29)21(32)35-2)16-19(30)24-13-8-10(27(33)34)4-6-11(13)23-16/h3-8,15H,1-2H3,(H,24,30)(H,25,26,31). The molecule has 2 N–H and O–H groups in total. The summed E-state index contributed by atoms with van der Waals surface area (Å²) in [5, 5.41) is 13.3. The maximum atomic E-state index is 13.1. The van der Waals surface area contributed by atoms with Crippen molar-refractivity contribution in [1.82, 2.24) is 15.0 Å². The van der Waals surface area contributed by atoms with Gasteiger partial charge in [-0.05, 0) is 30.7 Å². The Balaban J connectivity index is 1.73. The van der Waals surface area contributed by atoms with Gasteiger partial charge in [-0.25, -0.2) is 14.8 Å². The molecule has 1 atom stereocenters. The van der Waals surface area contributed by atoms with E-state index in [1.807, 2.05) is 19.1 Å². The molecule has 2 heterocycles. The number of carbonyl (C=O) groups is 4. The van der Waals surface area contributed by atoms with Gasteiger partial charge in [0.05, 0.1) is 33.3 Å². The topological polar surface area (TPSA) is 191 Å². The number of aromatic nitrogens is 3. The largest absolute Gasteiger partial charge is 0.463 e. The maximum Gasteiger partial charge on any atom is 0.375 e. The zero-order valence-electron chi connectivity index (χ0n) is 18.6. The van der Waals surface area contributed by atoms with Crippen molar-refractivity contribution >= 4 is 66.8 Å². The SMILES string of the molecule is COC(=O)C(=O)C(C(=O)C(=O)Nc1nc2ccc(C)cc2s1)c1nc2ccc([N+](=O)[O-])cc2[nH]c1=O. The number of esters is 1. The number of ketones is 2. The molecule has 0 radical (unpaired) electrons. The number of thiazole rings is 1. The van der Waals surface area contributed by atoms with Crippen molar-refractivity contribution in [3.8, 4) is 0 Å². The van der Waals surface area contributed by atoms with E-state index < -0.39 is 45.5 Å². The molecule has 0 bridgehead atoms. The molecule has 4 rings (SSSR count). The first-order valence-electron chi connectivity index (χ1n) is 10.1. The molecule has 0 aliphatic carbocycles. The fourth-order valence-electron chi connectivity index (χ4n) is 3.36. The Bertz CT molecular complexity index is 1660. The number of nitro groups is 1. The first-order valence-corrected chi connectivity index (χ1v) is 10.9. The lowest BCUT2D eigenvalue weighted by molar-refractivity contribution is -0.384. The number of amides is 1. The highest BCUT2D eigenvalue weighted by atomic mass is 32.1. The van der Waals surface area contributed by atoms with Crippen molar-refractivity contribution in [3.63, 3.8) is 0 Å². The van der Waals surface area contributed by atoms with Crippen LogP contribution in [0.25, 0.3) is 21.3 Å². The first-order chi connectivity index (χ1) is 17.1. The lowest BCUT2D eigenvalue weighted by Gasteiger charge is -2.12. The third-order valence-corrected chi connectivity index (χ3v) is 6.02. The van der Waals surface area contributed by atoms with Gasteiger partial charge in [-0.3, -0.25) is 34.6 Å². The number of ether oxygens (including phenoxy) is 1. The molecule has 13 nitrogen and oxygen atoms in total. The van der Waals surface area contributed by atoms with Crippen LogP contribution in [0, 0.1) is 17.0 Å². The van der Waals surface area contributed by atoms with Gasteiger partial charge in [0.1, 0.15) is 11.6 Å². The number of fused-ring (bicyclic) bond motifs is 2. The van der Waals surface area contributed by atoms with E-state index in [1.165, 1.54) is 6.07 Å². The van der Waals surface area contributed by atoms with E-state index in [0.717, 1.165) is 40.8 Å². The zero-order valence-corrected chi connectivity index (χ0v) is 19.4. The van der Waals surface area contributed by atoms with E-state index >= 15 is 0 Å². The molecule has 0 spiro atoms. The third-order valence-electron chi connectivity index (χ3n) is 5.09. The fourth-order valence-corrected chi connectivity index (χ4v) is 4.32. The van der Waals surface area contributed by atoms with Crippen molar-refractivity contribution in [2.24, 2.45) is 0 Å². The number of anilines is 1. The van der Waals surface area contributed by atoms with Gasteiger partial charge in [0, 0.05) is 12.1 Å². The monoisotopic (exact) mass is 509 g/mol. The molecule has 4 aromatic rings. The molecule has 36 heavy (non-hydrogen) atoms. The number of H-pyrrole nitrogens is 1. The summed E-state index contributed by atoms with van der Waals surface area (Å²) >= 11 is 1.08. The summed E-state index contributed by atoms with van der Waals surface area (Å²) in [5.41, 5.74) is -0.727. The van der Waals surface area contributed by atoms with E-state index in [9.17, 15) is 34.1 Å². The van der Waals surface area contributed by atoms with Gasteiger partial charge in [0.2, 0.25) is 5.78 Å². The Morgan fingerprint density at radius 3 is 2.50 bits per heavy atom. The number of aromatic amines is 1. The second kappa shape index (κ2) is 9.42. The van der Waals surface area contributed by atoms with Crippen molar-refractivity contribution in [2.75, 3.05) is 12.4 Å². The minimum Gasteiger partial charge on any atom is -0.463 e. The molecule has 2 aromatic carbocycles. The predicted octanol–water partition coefficient (Wildman–Crippen LogP) is 1.78. The van der Waals surface area contributed by atoms with Crippen molar-refractivity contribution < 1.29 is 28.8 Å². The number of nitro benzene ring substituents is 1. The lowest BCUT2D eigenvalue weighted by Crippen LogP contribution is -2.39. The normalized spacial score (nSPS) is 11.7. The van der Waals surface area contributed by atoms with Gasteiger partial charge in [-0.15, -0.1) is 0 Å². The summed E-state index contributed by atoms with van der Waals surface area (Å²) in [6.45, 7) is 1.87. The number of nitrogens with one attached hydrogen (secondary N) is 2. The number of rotatable bonds is 7. The van der Waals surface area contributed by atoms with E-state index in [4.69, 9.17) is 0 Å². The highest BCUT2D eigenvalue weighted by molar-refractivity contribution is 7.22. The van der Waals surface area contributed by atoms with Crippen molar-refractivity contribution in [2.45, 2.75) is 12.8 Å². The molecule has 2 aromatic heterocycles. The highest BCUT2D eigenvalue weighted by Gasteiger charge is 2.40. The maximum absolute atomic E-state index is 13.1. The number of methoxy groups -OCH3 is 1. The van der Waals surface area contributed by atoms with Crippen LogP contribution >= 0.6 is 11.3 Å². The number of hydrogen-bond donors (Lipinski definition) is 2. The number of Topliss-reactive ketones (excluding diaryl/α,β-unsaturated/α-hetero) is 2. The van der Waals surface area contributed by atoms with Gasteiger partial charge in [0.15, 0.2) is 5.13 Å². The number of nitrogens with zero attached hydrogens (tertiary/aromatic N) is 3. The van der Waals surface area contributed by atoms with Crippen LogP contribution < -0.4 is 10.9 Å². The number of aryl methyl sites for hydroxylation is 1. The summed E-state index contributed by atoms with van der Waals surface area (Å²) in [6.07, 6.45) is 0. The summed E-state index contributed by atoms with van der Waals surface area (Å²) in [5.74, 6) is -7.94. The molecule has 0 fully saturated rings. The van der Waals surface area contributed by atoms with E-state index in [-0.39, 0.29) is 21.9 Å². The third kappa shape index (κ3) is 4.56. The number of carbonyl (C=O) groups excluding carboxylic acids is 4. The molecule has 1 unspecified atom stereocenters. The minimum absolute atomic E-state index is 0.0207. The van der Waals surface area contributed by atoms with Crippen LogP contribution in [0.15, 0.2) is 41.2 Å². The average Bonchev–Trinajstić information content (AvgIpc) is 3.24. The molecule has 0 aliphatic heterocycles. The van der Waals surface area contributed by atoms with Gasteiger partial charge >= 0.3 is 5.97 Å². The number of benzene rings is 2. The van der Waals surface area contributed by atoms with Crippen LogP contribution in [0.3, 0.4) is 0 Å². The van der Waals surface area contributed by atoms with E-state index in [2.05, 4.69) is 25.0 Å². The average molecular weight is 509 g/mol. The van der Waals surface area contributed by atoms with Crippen LogP contribution in [0.5, 0.6) is 0 Å². The van der Waals surface area contributed by atoms with Gasteiger partial charge in [-0.2, -0.15) is 0 Å². The van der Waals surface area contributed by atoms with Crippen molar-refractivity contribution in [3.05, 3.63) is 68.1 Å². The Morgan fingerprint density at radius 2 is 1.81 bits per heavy atom. The van der Waals surface area contributed by atoms with Gasteiger partial charge in [-0.1, -0.05) is 17.4 Å². The smallest absolute Gasteiger partial charge is 0.375 e. The Hall–Kier alpha value is -4.85. The number of non-ortho nitro benzene ring substituents is 1. The van der Waals surface area contributed by atoms with Crippen LogP contribution in [-0.2, 0) is 23.9 Å². The molecule has 0 saturated heterocycles. The van der Waals surface area contributed by atoms with Gasteiger partial charge in [0.25, 0.3) is 22.9 Å². The molecular weight excluding hydrogens is 494 g/mol. The van der Waals surface area contributed by atoms with Crippen LogP contribution in [0.2, 0.25) is 0 Å². The second-order valence-electron chi connectivity index (χ2n) is 7.51. The first kappa shape index (κ1) is 24.3. The lowest BCUT2D eigenvalue weighted by atomic mass is 9.94. The fraction of sp³-hybridized carbons (Fsp3) is 0.136. The summed E-state index contributed by atoms with van der Waals surface area (Å²) < 4.78 is 5.12. The molecule has 14 heteroatoms. The van der Waals surface area contributed by atoms with Crippen LogP contribution in [0.1, 0.15) is 17.2 Å². The molecule has 1 amide bonds. The van der Waals surface area contributed by atoms with Gasteiger partial charge < -0.3 is 9.72 Å². The molecule has 182 valence electrons. The van der Waals surface area contributed by atoms with Crippen LogP contribution in [0.4, 0.5) is 10.8 Å². The van der Waals surface area contributed by atoms with Crippen molar-refractivity contribution in [1.29, 1.82) is 0 Å². The Labute approximate surface area is 204 Å². The predicted molar refractivity (Wildman–Crippen MR) is 127 cm³/mol. The van der Waals surface area contributed by atoms with E-state index in [0.29, 0.717) is 5.52 Å². The molecular formula is C22H15N5O8S. The molecule has 0 aliphatic rings. The second-order valence-corrected chi connectivity index (χ2v) is 8.54. The van der Waals surface area contributed by atoms with E-state index in [1.54, 1.807) is 6.07 Å². The summed E-state index contributed by atoms with van der Waals surface area (Å²) in [6, 6.07) is 8.68. The summed E-state index contributed by atoms with van der Waals surface area (Å²) in [4.78, 5) is 84.0. The number of hydrogen-bond acceptors (Lipinski definition) is 11. The highest BCUT2D eigenvalue weighted by Crippen LogP contribution is 2.27.